The maximum Gasteiger partial charge on any atom is 0.263 e. The predicted molar refractivity (Wildman–Crippen MR) is 39.7 cm³/mol. The molecule has 0 radical (unpaired) electrons. The van der Waals surface area contributed by atoms with Crippen LogP contribution < -0.4 is 5.32 Å². The van der Waals surface area contributed by atoms with Crippen molar-refractivity contribution in [1.82, 2.24) is 20.2 Å². The lowest BCUT2D eigenvalue weighted by atomic mass is 11.0. The van der Waals surface area contributed by atoms with Crippen molar-refractivity contribution in [2.75, 3.05) is 12.4 Å². The highest BCUT2D eigenvalue weighted by Gasteiger charge is 1.90. The summed E-state index contributed by atoms with van der Waals surface area (Å²) in [5, 5.41) is 13.8. The molecule has 1 aromatic heterocycles. The fraction of sp³-hybridized carbons (Fsp3) is 0.800. The average molecular weight is 143 g/mol. The van der Waals surface area contributed by atoms with Gasteiger partial charge >= 0.3 is 0 Å². The molecule has 0 atom stereocenters. The van der Waals surface area contributed by atoms with Crippen molar-refractivity contribution in [2.24, 2.45) is 7.05 Å². The summed E-state index contributed by atoms with van der Waals surface area (Å²) in [6.07, 6.45) is 0. The van der Waals surface area contributed by atoms with Gasteiger partial charge in [0, 0.05) is 7.05 Å². The van der Waals surface area contributed by atoms with Gasteiger partial charge < -0.3 is 5.32 Å². The van der Waals surface area contributed by atoms with Crippen molar-refractivity contribution in [3.05, 3.63) is 0 Å². The van der Waals surface area contributed by atoms with E-state index >= 15 is 0 Å². The van der Waals surface area contributed by atoms with Crippen molar-refractivity contribution in [3.8, 4) is 0 Å². The number of rotatable bonds is 1. The van der Waals surface area contributed by atoms with Crippen molar-refractivity contribution in [2.45, 2.75) is 13.8 Å². The van der Waals surface area contributed by atoms with Gasteiger partial charge in [0.1, 0.15) is 0 Å². The number of aromatic nitrogens is 4. The van der Waals surface area contributed by atoms with Crippen LogP contribution in [0.25, 0.3) is 0 Å². The largest absolute Gasteiger partial charge is 0.355 e. The van der Waals surface area contributed by atoms with Crippen LogP contribution in [-0.2, 0) is 7.05 Å². The first-order chi connectivity index (χ1) is 4.83. The number of hydrogen-bond donors (Lipinski definition) is 1. The number of aryl methyl sites for hydroxylation is 1. The summed E-state index contributed by atoms with van der Waals surface area (Å²) in [6, 6.07) is 0. The second-order valence-electron chi connectivity index (χ2n) is 1.35. The molecule has 5 nitrogen and oxygen atoms in total. The first-order valence-electron chi connectivity index (χ1n) is 3.24. The summed E-state index contributed by atoms with van der Waals surface area (Å²) in [5.74, 6) is 0.549. The molecule has 5 heteroatoms. The van der Waals surface area contributed by atoms with Crippen LogP contribution in [-0.4, -0.2) is 27.3 Å². The van der Waals surface area contributed by atoms with Gasteiger partial charge in [-0.3, -0.25) is 0 Å². The van der Waals surface area contributed by atoms with E-state index in [1.807, 2.05) is 13.8 Å². The monoisotopic (exact) mass is 143 g/mol. The zero-order chi connectivity index (χ0) is 7.98. The molecule has 0 fully saturated rings. The minimum Gasteiger partial charge on any atom is -0.355 e. The van der Waals surface area contributed by atoms with E-state index in [0.29, 0.717) is 5.95 Å². The smallest absolute Gasteiger partial charge is 0.263 e. The van der Waals surface area contributed by atoms with Crippen LogP contribution in [0, 0.1) is 0 Å². The predicted octanol–water partition coefficient (Wildman–Crippen LogP) is 0.278. The summed E-state index contributed by atoms with van der Waals surface area (Å²) in [4.78, 5) is 1.39. The van der Waals surface area contributed by atoms with Crippen LogP contribution >= 0.6 is 0 Å². The normalized spacial score (nSPS) is 8.00. The number of tetrazole rings is 1. The first kappa shape index (κ1) is 8.87. The molecule has 0 saturated heterocycles. The second-order valence-corrected chi connectivity index (χ2v) is 1.35. The molecule has 1 heterocycles. The Morgan fingerprint density at radius 1 is 1.40 bits per heavy atom. The fourth-order valence-electron chi connectivity index (χ4n) is 0.384. The summed E-state index contributed by atoms with van der Waals surface area (Å²) in [6.45, 7) is 4.00. The van der Waals surface area contributed by atoms with Crippen LogP contribution in [0.1, 0.15) is 13.8 Å². The van der Waals surface area contributed by atoms with E-state index in [2.05, 4.69) is 20.7 Å². The molecule has 1 N–H and O–H groups in total. The molecule has 10 heavy (non-hydrogen) atoms. The molecule has 1 aromatic rings. The molecule has 0 spiro atoms. The highest BCUT2D eigenvalue weighted by Crippen LogP contribution is 1.85. The van der Waals surface area contributed by atoms with Crippen LogP contribution in [0.5, 0.6) is 0 Å². The van der Waals surface area contributed by atoms with Gasteiger partial charge in [0.05, 0.1) is 7.05 Å². The molecular weight excluding hydrogens is 130 g/mol. The Bertz CT molecular complexity index is 170. The third kappa shape index (κ3) is 2.43. The van der Waals surface area contributed by atoms with Gasteiger partial charge in [0.2, 0.25) is 0 Å². The standard InChI is InChI=1S/C3H7N5.C2H6/c1-4-3-5-7-8(2)6-3;1-2/h1-2H3,(H,4,6);1-2H3. The Balaban J connectivity index is 0.000000371. The fourth-order valence-corrected chi connectivity index (χ4v) is 0.384. The van der Waals surface area contributed by atoms with E-state index in [1.54, 1.807) is 14.1 Å². The molecule has 0 saturated carbocycles. The molecule has 0 unspecified atom stereocenters. The van der Waals surface area contributed by atoms with Gasteiger partial charge in [-0.2, -0.15) is 4.80 Å². The maximum atomic E-state index is 3.81. The van der Waals surface area contributed by atoms with Gasteiger partial charge in [-0.1, -0.05) is 18.9 Å². The maximum absolute atomic E-state index is 3.81. The summed E-state index contributed by atoms with van der Waals surface area (Å²) >= 11 is 0. The summed E-state index contributed by atoms with van der Waals surface area (Å²) in [7, 11) is 3.46. The van der Waals surface area contributed by atoms with E-state index in [0.717, 1.165) is 0 Å². The van der Waals surface area contributed by atoms with Gasteiger partial charge in [-0.15, -0.1) is 5.10 Å². The van der Waals surface area contributed by atoms with E-state index in [-0.39, 0.29) is 0 Å². The number of anilines is 1. The lowest BCUT2D eigenvalue weighted by Gasteiger charge is -1.82. The van der Waals surface area contributed by atoms with E-state index in [4.69, 9.17) is 0 Å². The molecule has 0 bridgehead atoms. The molecule has 0 aliphatic carbocycles. The van der Waals surface area contributed by atoms with Crippen LogP contribution in [0.2, 0.25) is 0 Å². The lowest BCUT2D eigenvalue weighted by Crippen LogP contribution is -1.93. The number of nitrogens with one attached hydrogen (secondary N) is 1. The van der Waals surface area contributed by atoms with Crippen LogP contribution in [0.4, 0.5) is 5.95 Å². The van der Waals surface area contributed by atoms with Gasteiger partial charge in [-0.25, -0.2) is 0 Å². The zero-order valence-electron chi connectivity index (χ0n) is 6.79. The van der Waals surface area contributed by atoms with Crippen molar-refractivity contribution >= 4 is 5.95 Å². The summed E-state index contributed by atoms with van der Waals surface area (Å²) in [5.41, 5.74) is 0. The molecule has 0 amide bonds. The Morgan fingerprint density at radius 3 is 2.20 bits per heavy atom. The average Bonchev–Trinajstić information content (AvgIpc) is 2.40. The van der Waals surface area contributed by atoms with Gasteiger partial charge in [-0.05, 0) is 5.21 Å². The van der Waals surface area contributed by atoms with Crippen LogP contribution in [0.15, 0.2) is 0 Å². The SMILES string of the molecule is CC.CNc1nnn(C)n1. The summed E-state index contributed by atoms with van der Waals surface area (Å²) < 4.78 is 0. The highest BCUT2D eigenvalue weighted by atomic mass is 15.6. The first-order valence-corrected chi connectivity index (χ1v) is 3.24. The van der Waals surface area contributed by atoms with Gasteiger partial charge in [0.15, 0.2) is 0 Å². The van der Waals surface area contributed by atoms with Gasteiger partial charge in [0.25, 0.3) is 5.95 Å². The minimum atomic E-state index is 0.549. The molecule has 58 valence electrons. The van der Waals surface area contributed by atoms with Crippen molar-refractivity contribution in [1.29, 1.82) is 0 Å². The number of nitrogens with zero attached hydrogens (tertiary/aromatic N) is 4. The quantitative estimate of drug-likeness (QED) is 0.613. The molecular formula is C5H13N5. The Kier molecular flexibility index (Phi) is 4.19. The molecule has 1 rings (SSSR count). The Labute approximate surface area is 60.4 Å². The van der Waals surface area contributed by atoms with Crippen molar-refractivity contribution in [3.63, 3.8) is 0 Å². The van der Waals surface area contributed by atoms with E-state index in [9.17, 15) is 0 Å². The number of hydrogen-bond acceptors (Lipinski definition) is 4. The molecule has 0 aliphatic rings. The van der Waals surface area contributed by atoms with E-state index in [1.165, 1.54) is 4.80 Å². The second kappa shape index (κ2) is 4.72. The topological polar surface area (TPSA) is 55.6 Å². The lowest BCUT2D eigenvalue weighted by molar-refractivity contribution is 0.630. The minimum absolute atomic E-state index is 0.549. The van der Waals surface area contributed by atoms with Crippen molar-refractivity contribution < 1.29 is 0 Å². The van der Waals surface area contributed by atoms with Crippen LogP contribution in [0.3, 0.4) is 0 Å². The Morgan fingerprint density at radius 2 is 2.00 bits per heavy atom. The third-order valence-electron chi connectivity index (χ3n) is 0.732. The third-order valence-corrected chi connectivity index (χ3v) is 0.732. The highest BCUT2D eigenvalue weighted by molar-refractivity contribution is 5.16. The molecule has 0 aliphatic heterocycles. The Hall–Kier alpha value is -1.13. The van der Waals surface area contributed by atoms with E-state index < -0.39 is 0 Å². The molecule has 0 aromatic carbocycles. The zero-order valence-corrected chi connectivity index (χ0v) is 6.79.